The van der Waals surface area contributed by atoms with Crippen LogP contribution in [0.2, 0.25) is 0 Å². The van der Waals surface area contributed by atoms with Crippen LogP contribution >= 0.6 is 0 Å². The maximum absolute atomic E-state index is 3.35. The van der Waals surface area contributed by atoms with E-state index in [1.807, 2.05) is 0 Å². The first-order chi connectivity index (χ1) is 7.34. The molecule has 1 heterocycles. The molecule has 0 aromatic heterocycles. The van der Waals surface area contributed by atoms with Crippen molar-refractivity contribution in [2.75, 3.05) is 26.3 Å². The second kappa shape index (κ2) is 5.29. The number of benzene rings is 1. The van der Waals surface area contributed by atoms with Gasteiger partial charge in [-0.2, -0.15) is 0 Å². The smallest absolute Gasteiger partial charge is 0.0481 e. The lowest BCUT2D eigenvalue weighted by Crippen LogP contribution is -2.23. The molecular formula is C13H20N2. The minimum atomic E-state index is 1.08. The minimum absolute atomic E-state index is 1.08. The second-order valence-corrected chi connectivity index (χ2v) is 4.37. The highest BCUT2D eigenvalue weighted by Gasteiger charge is 2.09. The van der Waals surface area contributed by atoms with E-state index in [9.17, 15) is 0 Å². The maximum Gasteiger partial charge on any atom is 0.0481 e. The van der Waals surface area contributed by atoms with E-state index in [-0.39, 0.29) is 0 Å². The van der Waals surface area contributed by atoms with Crippen LogP contribution in [0.3, 0.4) is 0 Å². The molecule has 0 spiro atoms. The van der Waals surface area contributed by atoms with Gasteiger partial charge in [-0.3, -0.25) is 4.90 Å². The van der Waals surface area contributed by atoms with Crippen LogP contribution in [0.4, 0.5) is 0 Å². The Hall–Kier alpha value is -0.860. The molecule has 1 aromatic rings. The molecule has 1 fully saturated rings. The van der Waals surface area contributed by atoms with Gasteiger partial charge in [0.25, 0.3) is 0 Å². The zero-order chi connectivity index (χ0) is 10.5. The number of nitrogens with one attached hydrogen (secondary N) is 1. The van der Waals surface area contributed by atoms with Crippen molar-refractivity contribution < 1.29 is 0 Å². The average molecular weight is 204 g/mol. The third-order valence-corrected chi connectivity index (χ3v) is 3.00. The van der Waals surface area contributed by atoms with E-state index in [2.05, 4.69) is 41.4 Å². The van der Waals surface area contributed by atoms with Crippen LogP contribution in [-0.2, 0) is 6.42 Å². The van der Waals surface area contributed by atoms with Gasteiger partial charge in [-0.1, -0.05) is 29.8 Å². The van der Waals surface area contributed by atoms with Crippen LogP contribution in [0.1, 0.15) is 17.5 Å². The van der Waals surface area contributed by atoms with Gasteiger partial charge < -0.3 is 5.32 Å². The zero-order valence-corrected chi connectivity index (χ0v) is 9.50. The van der Waals surface area contributed by atoms with E-state index in [0.29, 0.717) is 0 Å². The largest absolute Gasteiger partial charge is 0.303 e. The lowest BCUT2D eigenvalue weighted by Gasteiger charge is -2.13. The van der Waals surface area contributed by atoms with Crippen molar-refractivity contribution in [2.45, 2.75) is 19.8 Å². The standard InChI is InChI=1S/C13H20N2/c1-12-4-6-13(7-5-12)3-2-9-15-10-8-14-11-15/h4-7,14H,2-3,8-11H2,1H3. The molecule has 82 valence electrons. The molecule has 2 rings (SSSR count). The molecule has 0 saturated carbocycles. The van der Waals surface area contributed by atoms with Crippen LogP contribution in [-0.4, -0.2) is 31.2 Å². The SMILES string of the molecule is Cc1ccc(CCCN2CCNC2)cc1. The Labute approximate surface area is 92.3 Å². The van der Waals surface area contributed by atoms with Crippen molar-refractivity contribution in [3.8, 4) is 0 Å². The molecule has 0 radical (unpaired) electrons. The van der Waals surface area contributed by atoms with E-state index >= 15 is 0 Å². The minimum Gasteiger partial charge on any atom is -0.303 e. The lowest BCUT2D eigenvalue weighted by atomic mass is 10.1. The monoisotopic (exact) mass is 204 g/mol. The van der Waals surface area contributed by atoms with E-state index < -0.39 is 0 Å². The first-order valence-corrected chi connectivity index (χ1v) is 5.83. The number of rotatable bonds is 4. The lowest BCUT2D eigenvalue weighted by molar-refractivity contribution is 0.330. The molecule has 15 heavy (non-hydrogen) atoms. The topological polar surface area (TPSA) is 15.3 Å². The van der Waals surface area contributed by atoms with Gasteiger partial charge in [0, 0.05) is 19.8 Å². The molecule has 2 nitrogen and oxygen atoms in total. The molecule has 0 atom stereocenters. The van der Waals surface area contributed by atoms with E-state index in [0.717, 1.165) is 13.2 Å². The third kappa shape index (κ3) is 3.33. The van der Waals surface area contributed by atoms with Crippen LogP contribution in [0, 0.1) is 6.92 Å². The molecule has 1 aliphatic heterocycles. The Morgan fingerprint density at radius 3 is 2.73 bits per heavy atom. The van der Waals surface area contributed by atoms with Crippen molar-refractivity contribution in [2.24, 2.45) is 0 Å². The van der Waals surface area contributed by atoms with Crippen molar-refractivity contribution in [3.05, 3.63) is 35.4 Å². The van der Waals surface area contributed by atoms with Gasteiger partial charge in [0.2, 0.25) is 0 Å². The summed E-state index contributed by atoms with van der Waals surface area (Å²) in [7, 11) is 0. The first kappa shape index (κ1) is 10.7. The Bertz CT molecular complexity index is 286. The predicted octanol–water partition coefficient (Wildman–Crippen LogP) is 1.79. The highest BCUT2D eigenvalue weighted by molar-refractivity contribution is 5.21. The molecule has 1 N–H and O–H groups in total. The fourth-order valence-corrected chi connectivity index (χ4v) is 2.01. The summed E-state index contributed by atoms with van der Waals surface area (Å²) in [5.74, 6) is 0. The first-order valence-electron chi connectivity index (χ1n) is 5.83. The predicted molar refractivity (Wildman–Crippen MR) is 63.9 cm³/mol. The quantitative estimate of drug-likeness (QED) is 0.804. The van der Waals surface area contributed by atoms with Crippen molar-refractivity contribution in [3.63, 3.8) is 0 Å². The number of hydrogen-bond donors (Lipinski definition) is 1. The van der Waals surface area contributed by atoms with E-state index in [4.69, 9.17) is 0 Å². The molecule has 0 bridgehead atoms. The second-order valence-electron chi connectivity index (χ2n) is 4.37. The highest BCUT2D eigenvalue weighted by atomic mass is 15.3. The van der Waals surface area contributed by atoms with Gasteiger partial charge >= 0.3 is 0 Å². The molecule has 0 amide bonds. The number of aryl methyl sites for hydroxylation is 2. The molecule has 1 saturated heterocycles. The normalized spacial score (nSPS) is 17.1. The van der Waals surface area contributed by atoms with Gasteiger partial charge in [-0.05, 0) is 31.9 Å². The van der Waals surface area contributed by atoms with E-state index in [1.165, 1.54) is 37.1 Å². The highest BCUT2D eigenvalue weighted by Crippen LogP contribution is 2.06. The molecule has 1 aromatic carbocycles. The molecule has 0 unspecified atom stereocenters. The van der Waals surface area contributed by atoms with Gasteiger partial charge in [0.15, 0.2) is 0 Å². The summed E-state index contributed by atoms with van der Waals surface area (Å²) in [4.78, 5) is 2.48. The van der Waals surface area contributed by atoms with Crippen LogP contribution in [0.5, 0.6) is 0 Å². The summed E-state index contributed by atoms with van der Waals surface area (Å²) >= 11 is 0. The van der Waals surface area contributed by atoms with Crippen LogP contribution < -0.4 is 5.32 Å². The molecule has 1 aliphatic rings. The summed E-state index contributed by atoms with van der Waals surface area (Å²) in [5, 5.41) is 3.35. The van der Waals surface area contributed by atoms with Gasteiger partial charge in [0.05, 0.1) is 0 Å². The van der Waals surface area contributed by atoms with Crippen molar-refractivity contribution >= 4 is 0 Å². The van der Waals surface area contributed by atoms with Crippen molar-refractivity contribution in [1.82, 2.24) is 10.2 Å². The fraction of sp³-hybridized carbons (Fsp3) is 0.538. The average Bonchev–Trinajstić information content (AvgIpc) is 2.74. The Morgan fingerprint density at radius 1 is 1.27 bits per heavy atom. The fourth-order valence-electron chi connectivity index (χ4n) is 2.01. The summed E-state index contributed by atoms with van der Waals surface area (Å²) in [6.45, 7) is 6.81. The Kier molecular flexibility index (Phi) is 3.75. The van der Waals surface area contributed by atoms with E-state index in [1.54, 1.807) is 0 Å². The third-order valence-electron chi connectivity index (χ3n) is 3.00. The van der Waals surface area contributed by atoms with Crippen LogP contribution in [0.25, 0.3) is 0 Å². The van der Waals surface area contributed by atoms with Crippen LogP contribution in [0.15, 0.2) is 24.3 Å². The summed E-state index contributed by atoms with van der Waals surface area (Å²) < 4.78 is 0. The summed E-state index contributed by atoms with van der Waals surface area (Å²) in [6, 6.07) is 8.90. The van der Waals surface area contributed by atoms with Gasteiger partial charge in [0.1, 0.15) is 0 Å². The molecular weight excluding hydrogens is 184 g/mol. The molecule has 0 aliphatic carbocycles. The summed E-state index contributed by atoms with van der Waals surface area (Å²) in [5.41, 5.74) is 2.82. The van der Waals surface area contributed by atoms with Crippen molar-refractivity contribution in [1.29, 1.82) is 0 Å². The maximum atomic E-state index is 3.35. The Balaban J connectivity index is 1.71. The zero-order valence-electron chi connectivity index (χ0n) is 9.50. The Morgan fingerprint density at radius 2 is 2.07 bits per heavy atom. The van der Waals surface area contributed by atoms with Gasteiger partial charge in [-0.25, -0.2) is 0 Å². The number of hydrogen-bond acceptors (Lipinski definition) is 2. The summed E-state index contributed by atoms with van der Waals surface area (Å²) in [6.07, 6.45) is 2.47. The van der Waals surface area contributed by atoms with Gasteiger partial charge in [-0.15, -0.1) is 0 Å². The number of nitrogens with zero attached hydrogens (tertiary/aromatic N) is 1. The molecule has 2 heteroatoms.